The largest absolute Gasteiger partial charge is 0.469 e. The van der Waals surface area contributed by atoms with Crippen molar-refractivity contribution in [2.24, 2.45) is 0 Å². The fraction of sp³-hybridized carbons (Fsp3) is 0.750. The highest BCUT2D eigenvalue weighted by Gasteiger charge is 2.31. The number of methoxy groups -OCH3 is 1. The second-order valence-electron chi connectivity index (χ2n) is 2.68. The Bertz CT molecular complexity index is 180. The number of rotatable bonds is 4. The average molecular weight is 192 g/mol. The van der Waals surface area contributed by atoms with Gasteiger partial charge in [0.25, 0.3) is 5.85 Å². The molecule has 0 radical (unpaired) electrons. The highest BCUT2D eigenvalue weighted by molar-refractivity contribution is 5.72. The van der Waals surface area contributed by atoms with E-state index in [2.05, 4.69) is 9.47 Å². The Hall–Kier alpha value is -1.13. The van der Waals surface area contributed by atoms with Crippen LogP contribution in [0.15, 0.2) is 0 Å². The molecule has 0 saturated carbocycles. The summed E-state index contributed by atoms with van der Waals surface area (Å²) in [6.45, 7) is 2.55. The average Bonchev–Trinajstić information content (AvgIpc) is 2.02. The maximum atomic E-state index is 13.2. The van der Waals surface area contributed by atoms with Crippen LogP contribution in [0, 0.1) is 0 Å². The van der Waals surface area contributed by atoms with E-state index in [-0.39, 0.29) is 6.42 Å². The summed E-state index contributed by atoms with van der Waals surface area (Å²) >= 11 is 0. The Morgan fingerprint density at radius 3 is 2.31 bits per heavy atom. The Morgan fingerprint density at radius 1 is 1.38 bits per heavy atom. The quantitative estimate of drug-likeness (QED) is 0.628. The minimum Gasteiger partial charge on any atom is -0.469 e. The lowest BCUT2D eigenvalue weighted by atomic mass is 10.2. The van der Waals surface area contributed by atoms with Crippen molar-refractivity contribution in [2.45, 2.75) is 32.5 Å². The van der Waals surface area contributed by atoms with E-state index >= 15 is 0 Å². The predicted molar refractivity (Wildman–Crippen MR) is 42.5 cm³/mol. The van der Waals surface area contributed by atoms with E-state index in [1.807, 2.05) is 0 Å². The van der Waals surface area contributed by atoms with Crippen molar-refractivity contribution < 1.29 is 23.5 Å². The predicted octanol–water partition coefficient (Wildman–Crippen LogP) is 1.19. The van der Waals surface area contributed by atoms with Gasteiger partial charge in [0.1, 0.15) is 6.42 Å². The molecule has 5 heteroatoms. The van der Waals surface area contributed by atoms with E-state index in [0.29, 0.717) is 0 Å². The normalized spacial score (nSPS) is 14.5. The summed E-state index contributed by atoms with van der Waals surface area (Å²) in [4.78, 5) is 21.3. The monoisotopic (exact) mass is 192 g/mol. The molecule has 0 heterocycles. The van der Waals surface area contributed by atoms with Gasteiger partial charge in [0.15, 0.2) is 0 Å². The number of hydrogen-bond acceptors (Lipinski definition) is 4. The van der Waals surface area contributed by atoms with E-state index in [9.17, 15) is 14.0 Å². The molecule has 0 bridgehead atoms. The van der Waals surface area contributed by atoms with Gasteiger partial charge in [-0.3, -0.25) is 9.59 Å². The van der Waals surface area contributed by atoms with Gasteiger partial charge in [0.2, 0.25) is 0 Å². The van der Waals surface area contributed by atoms with Crippen LogP contribution >= 0.6 is 0 Å². The van der Waals surface area contributed by atoms with Crippen molar-refractivity contribution in [1.82, 2.24) is 0 Å². The minimum absolute atomic E-state index is 0.0701. The molecule has 0 fully saturated rings. The highest BCUT2D eigenvalue weighted by Crippen LogP contribution is 2.18. The zero-order valence-corrected chi connectivity index (χ0v) is 7.93. The molecule has 1 atom stereocenters. The van der Waals surface area contributed by atoms with Gasteiger partial charge in [-0.1, -0.05) is 6.92 Å². The number of halogens is 1. The number of carbonyl (C=O) groups is 2. The third-order valence-corrected chi connectivity index (χ3v) is 1.30. The second-order valence-corrected chi connectivity index (χ2v) is 2.68. The molecule has 0 aliphatic carbocycles. The molecule has 0 aliphatic heterocycles. The van der Waals surface area contributed by atoms with E-state index in [1.54, 1.807) is 0 Å². The maximum absolute atomic E-state index is 13.2. The third kappa shape index (κ3) is 5.16. The van der Waals surface area contributed by atoms with Gasteiger partial charge in [-0.05, 0) is 0 Å². The summed E-state index contributed by atoms with van der Waals surface area (Å²) in [5.74, 6) is -3.72. The highest BCUT2D eigenvalue weighted by atomic mass is 19.2. The molecule has 0 spiro atoms. The number of esters is 2. The first kappa shape index (κ1) is 11.9. The molecule has 1 unspecified atom stereocenters. The van der Waals surface area contributed by atoms with Gasteiger partial charge in [-0.25, -0.2) is 0 Å². The second kappa shape index (κ2) is 4.79. The first-order valence-electron chi connectivity index (χ1n) is 3.89. The lowest BCUT2D eigenvalue weighted by Gasteiger charge is -2.18. The lowest BCUT2D eigenvalue weighted by molar-refractivity contribution is -0.184. The summed E-state index contributed by atoms with van der Waals surface area (Å²) in [5.41, 5.74) is 0. The summed E-state index contributed by atoms with van der Waals surface area (Å²) in [5, 5.41) is 0. The Labute approximate surface area is 76.0 Å². The van der Waals surface area contributed by atoms with Gasteiger partial charge in [0, 0.05) is 13.3 Å². The third-order valence-electron chi connectivity index (χ3n) is 1.30. The minimum atomic E-state index is -2.28. The van der Waals surface area contributed by atoms with Crippen molar-refractivity contribution in [3.05, 3.63) is 0 Å². The van der Waals surface area contributed by atoms with E-state index < -0.39 is 24.2 Å². The number of ether oxygens (including phenoxy) is 2. The van der Waals surface area contributed by atoms with Crippen LogP contribution in [0.4, 0.5) is 4.39 Å². The molecular formula is C8H13FO4. The molecule has 0 amide bonds. The van der Waals surface area contributed by atoms with Crippen LogP contribution in [0.3, 0.4) is 0 Å². The molecule has 0 saturated heterocycles. The molecule has 0 aromatic heterocycles. The van der Waals surface area contributed by atoms with Gasteiger partial charge >= 0.3 is 11.9 Å². The molecule has 13 heavy (non-hydrogen) atoms. The standard InChI is InChI=1S/C8H13FO4/c1-4-6(10)13-8(2,9)5-7(11)12-3/h4-5H2,1-3H3. The fourth-order valence-electron chi connectivity index (χ4n) is 0.676. The van der Waals surface area contributed by atoms with Crippen LogP contribution in [0.1, 0.15) is 26.7 Å². The molecule has 0 aliphatic rings. The topological polar surface area (TPSA) is 52.6 Å². The van der Waals surface area contributed by atoms with Crippen LogP contribution < -0.4 is 0 Å². The van der Waals surface area contributed by atoms with Gasteiger partial charge < -0.3 is 9.47 Å². The molecular weight excluding hydrogens is 179 g/mol. The van der Waals surface area contributed by atoms with Crippen LogP contribution in [-0.4, -0.2) is 24.9 Å². The fourth-order valence-corrected chi connectivity index (χ4v) is 0.676. The van der Waals surface area contributed by atoms with Crippen LogP contribution in [0.5, 0.6) is 0 Å². The van der Waals surface area contributed by atoms with Crippen LogP contribution in [0.25, 0.3) is 0 Å². The first-order chi connectivity index (χ1) is 5.91. The van der Waals surface area contributed by atoms with Crippen molar-refractivity contribution in [3.63, 3.8) is 0 Å². The zero-order valence-electron chi connectivity index (χ0n) is 7.93. The number of alkyl halides is 1. The van der Waals surface area contributed by atoms with Gasteiger partial charge in [-0.2, -0.15) is 4.39 Å². The molecule has 0 N–H and O–H groups in total. The number of hydrogen-bond donors (Lipinski definition) is 0. The van der Waals surface area contributed by atoms with Crippen molar-refractivity contribution in [2.75, 3.05) is 7.11 Å². The van der Waals surface area contributed by atoms with Crippen molar-refractivity contribution >= 4 is 11.9 Å². The molecule has 0 aromatic rings. The molecule has 0 rings (SSSR count). The Balaban J connectivity index is 4.07. The van der Waals surface area contributed by atoms with E-state index in [4.69, 9.17) is 0 Å². The summed E-state index contributed by atoms with van der Waals surface area (Å²) in [7, 11) is 1.14. The molecule has 76 valence electrons. The van der Waals surface area contributed by atoms with Crippen molar-refractivity contribution in [3.8, 4) is 0 Å². The summed E-state index contributed by atoms with van der Waals surface area (Å²) in [6.07, 6.45) is -0.518. The van der Waals surface area contributed by atoms with E-state index in [0.717, 1.165) is 14.0 Å². The van der Waals surface area contributed by atoms with Crippen LogP contribution in [0.2, 0.25) is 0 Å². The van der Waals surface area contributed by atoms with E-state index in [1.165, 1.54) is 6.92 Å². The van der Waals surface area contributed by atoms with Crippen molar-refractivity contribution in [1.29, 1.82) is 0 Å². The zero-order chi connectivity index (χ0) is 10.5. The van der Waals surface area contributed by atoms with Crippen LogP contribution in [-0.2, 0) is 19.1 Å². The SMILES string of the molecule is CCC(=O)OC(C)(F)CC(=O)OC. The Kier molecular flexibility index (Phi) is 4.37. The van der Waals surface area contributed by atoms with Gasteiger partial charge in [0.05, 0.1) is 7.11 Å². The molecule has 4 nitrogen and oxygen atoms in total. The summed E-state index contributed by atoms with van der Waals surface area (Å²) < 4.78 is 21.8. The Morgan fingerprint density at radius 2 is 1.92 bits per heavy atom. The number of carbonyl (C=O) groups excluding carboxylic acids is 2. The first-order valence-corrected chi connectivity index (χ1v) is 3.89. The molecule has 0 aromatic carbocycles. The maximum Gasteiger partial charge on any atom is 0.312 e. The lowest BCUT2D eigenvalue weighted by Crippen LogP contribution is -2.29. The smallest absolute Gasteiger partial charge is 0.312 e. The summed E-state index contributed by atoms with van der Waals surface area (Å²) in [6, 6.07) is 0. The van der Waals surface area contributed by atoms with Gasteiger partial charge in [-0.15, -0.1) is 0 Å².